The highest BCUT2D eigenvalue weighted by molar-refractivity contribution is 5.68. The molecule has 1 atom stereocenters. The molecule has 2 saturated heterocycles. The van der Waals surface area contributed by atoms with Crippen molar-refractivity contribution in [2.24, 2.45) is 0 Å². The molecule has 0 saturated carbocycles. The van der Waals surface area contributed by atoms with Crippen LogP contribution in [0, 0.1) is 5.82 Å². The monoisotopic (exact) mass is 519 g/mol. The van der Waals surface area contributed by atoms with Crippen molar-refractivity contribution in [2.45, 2.75) is 38.1 Å². The van der Waals surface area contributed by atoms with Gasteiger partial charge in [0, 0.05) is 31.4 Å². The fraction of sp³-hybridized carbons (Fsp3) is 0.290. The van der Waals surface area contributed by atoms with Crippen LogP contribution in [0.3, 0.4) is 0 Å². The van der Waals surface area contributed by atoms with Crippen LogP contribution in [-0.4, -0.2) is 44.2 Å². The standard InChI is InChI=1S/C31H30FN7/c32-24-8-4-7-23(19-24)27-11-6-18-38(27)30-13-12-29-34-21-28(39(29)36-30)26-10-5-9-25(35-26)22-14-15-33-31(20-22)37-16-2-1-3-17-37/h4-5,7-10,12-15,19-21,27H,1-3,6,11,16-18H2. The molecule has 39 heavy (non-hydrogen) atoms. The third kappa shape index (κ3) is 4.60. The van der Waals surface area contributed by atoms with Crippen LogP contribution in [0.2, 0.25) is 0 Å². The van der Waals surface area contributed by atoms with Gasteiger partial charge in [0.2, 0.25) is 0 Å². The largest absolute Gasteiger partial charge is 0.357 e. The van der Waals surface area contributed by atoms with Crippen molar-refractivity contribution in [1.82, 2.24) is 24.6 Å². The van der Waals surface area contributed by atoms with E-state index in [1.807, 2.05) is 59.4 Å². The van der Waals surface area contributed by atoms with Gasteiger partial charge in [0.25, 0.3) is 0 Å². The van der Waals surface area contributed by atoms with Gasteiger partial charge in [0.05, 0.1) is 23.6 Å². The molecule has 2 fully saturated rings. The summed E-state index contributed by atoms with van der Waals surface area (Å²) >= 11 is 0. The second kappa shape index (κ2) is 10.1. The lowest BCUT2D eigenvalue weighted by Crippen LogP contribution is -2.30. The summed E-state index contributed by atoms with van der Waals surface area (Å²) in [6.45, 7) is 2.98. The van der Waals surface area contributed by atoms with Crippen LogP contribution in [0.15, 0.2) is 79.1 Å². The third-order valence-electron chi connectivity index (χ3n) is 7.86. The quantitative estimate of drug-likeness (QED) is 0.271. The molecule has 0 aliphatic carbocycles. The number of fused-ring (bicyclic) bond motifs is 1. The first kappa shape index (κ1) is 23.8. The first-order chi connectivity index (χ1) is 19.2. The SMILES string of the molecule is Fc1cccc(C2CCCN2c2ccc3ncc(-c4cccc(-c5ccnc(N6CCCCC6)c5)n4)n3n2)c1. The Kier molecular flexibility index (Phi) is 6.15. The minimum Gasteiger partial charge on any atom is -0.357 e. The maximum atomic E-state index is 14.0. The molecule has 0 spiro atoms. The van der Waals surface area contributed by atoms with Gasteiger partial charge in [0.15, 0.2) is 5.65 Å². The van der Waals surface area contributed by atoms with E-state index < -0.39 is 0 Å². The number of anilines is 2. The Labute approximate surface area is 227 Å². The lowest BCUT2D eigenvalue weighted by Gasteiger charge is -2.27. The Balaban J connectivity index is 1.22. The van der Waals surface area contributed by atoms with E-state index in [0.29, 0.717) is 0 Å². The molecule has 0 N–H and O–H groups in total. The average molecular weight is 520 g/mol. The van der Waals surface area contributed by atoms with Crippen molar-refractivity contribution >= 4 is 17.3 Å². The second-order valence-corrected chi connectivity index (χ2v) is 10.4. The van der Waals surface area contributed by atoms with Gasteiger partial charge in [-0.2, -0.15) is 0 Å². The molecule has 0 amide bonds. The van der Waals surface area contributed by atoms with E-state index in [9.17, 15) is 4.39 Å². The maximum absolute atomic E-state index is 14.0. The number of nitrogens with zero attached hydrogens (tertiary/aromatic N) is 7. The van der Waals surface area contributed by atoms with Crippen molar-refractivity contribution in [2.75, 3.05) is 29.4 Å². The molecule has 196 valence electrons. The van der Waals surface area contributed by atoms with Gasteiger partial charge < -0.3 is 9.80 Å². The maximum Gasteiger partial charge on any atom is 0.154 e. The summed E-state index contributed by atoms with van der Waals surface area (Å²) in [6.07, 6.45) is 9.42. The molecule has 2 aliphatic heterocycles. The third-order valence-corrected chi connectivity index (χ3v) is 7.86. The molecule has 0 radical (unpaired) electrons. The molecule has 0 bridgehead atoms. The molecule has 2 aliphatic rings. The van der Waals surface area contributed by atoms with Gasteiger partial charge >= 0.3 is 0 Å². The van der Waals surface area contributed by atoms with Gasteiger partial charge in [-0.25, -0.2) is 23.9 Å². The number of benzene rings is 1. The molecule has 4 aromatic heterocycles. The van der Waals surface area contributed by atoms with Crippen LogP contribution in [0.25, 0.3) is 28.3 Å². The van der Waals surface area contributed by atoms with Crippen molar-refractivity contribution in [3.63, 3.8) is 0 Å². The Bertz CT molecular complexity index is 1620. The van der Waals surface area contributed by atoms with Gasteiger partial charge in [-0.3, -0.25) is 0 Å². The van der Waals surface area contributed by atoms with E-state index in [1.54, 1.807) is 12.1 Å². The first-order valence-corrected chi connectivity index (χ1v) is 13.8. The highest BCUT2D eigenvalue weighted by Gasteiger charge is 2.28. The summed E-state index contributed by atoms with van der Waals surface area (Å²) < 4.78 is 15.8. The zero-order valence-electron chi connectivity index (χ0n) is 21.7. The van der Waals surface area contributed by atoms with Crippen molar-refractivity contribution in [3.8, 4) is 22.6 Å². The van der Waals surface area contributed by atoms with Crippen LogP contribution in [0.1, 0.15) is 43.7 Å². The average Bonchev–Trinajstić information content (AvgIpc) is 3.65. The predicted molar refractivity (Wildman–Crippen MR) is 151 cm³/mol. The normalized spacial score (nSPS) is 17.7. The van der Waals surface area contributed by atoms with E-state index in [4.69, 9.17) is 10.1 Å². The van der Waals surface area contributed by atoms with Gasteiger partial charge in [-0.05, 0) is 86.2 Å². The van der Waals surface area contributed by atoms with Gasteiger partial charge in [-0.15, -0.1) is 5.10 Å². The van der Waals surface area contributed by atoms with E-state index in [0.717, 1.165) is 78.0 Å². The lowest BCUT2D eigenvalue weighted by atomic mass is 10.0. The van der Waals surface area contributed by atoms with Crippen molar-refractivity contribution in [3.05, 3.63) is 90.5 Å². The minimum absolute atomic E-state index is 0.0971. The fourth-order valence-corrected chi connectivity index (χ4v) is 5.90. The topological polar surface area (TPSA) is 62.5 Å². The Morgan fingerprint density at radius 1 is 0.769 bits per heavy atom. The molecule has 1 unspecified atom stereocenters. The Morgan fingerprint density at radius 2 is 1.64 bits per heavy atom. The summed E-state index contributed by atoms with van der Waals surface area (Å²) in [7, 11) is 0. The highest BCUT2D eigenvalue weighted by Crippen LogP contribution is 2.36. The van der Waals surface area contributed by atoms with E-state index >= 15 is 0 Å². The minimum atomic E-state index is -0.206. The van der Waals surface area contributed by atoms with Crippen LogP contribution in [0.5, 0.6) is 0 Å². The van der Waals surface area contributed by atoms with E-state index in [1.165, 1.54) is 25.3 Å². The summed E-state index contributed by atoms with van der Waals surface area (Å²) in [6, 6.07) is 21.2. The highest BCUT2D eigenvalue weighted by atomic mass is 19.1. The predicted octanol–water partition coefficient (Wildman–Crippen LogP) is 6.32. The fourth-order valence-electron chi connectivity index (χ4n) is 5.90. The molecular formula is C31H30FN7. The molecule has 7 rings (SSSR count). The number of piperidine rings is 1. The number of halogens is 1. The second-order valence-electron chi connectivity index (χ2n) is 10.4. The van der Waals surface area contributed by atoms with Crippen LogP contribution < -0.4 is 9.80 Å². The molecule has 7 nitrogen and oxygen atoms in total. The van der Waals surface area contributed by atoms with Crippen molar-refractivity contribution < 1.29 is 4.39 Å². The van der Waals surface area contributed by atoms with Gasteiger partial charge in [0.1, 0.15) is 23.1 Å². The molecule has 1 aromatic carbocycles. The van der Waals surface area contributed by atoms with Crippen LogP contribution in [0.4, 0.5) is 16.0 Å². The number of rotatable bonds is 5. The first-order valence-electron chi connectivity index (χ1n) is 13.8. The number of aromatic nitrogens is 5. The van der Waals surface area contributed by atoms with Gasteiger partial charge in [-0.1, -0.05) is 18.2 Å². The van der Waals surface area contributed by atoms with Crippen molar-refractivity contribution in [1.29, 1.82) is 0 Å². The number of hydrogen-bond acceptors (Lipinski definition) is 6. The molecule has 8 heteroatoms. The molecular weight excluding hydrogens is 489 g/mol. The number of pyridine rings is 2. The lowest BCUT2D eigenvalue weighted by molar-refractivity contribution is 0.573. The summed E-state index contributed by atoms with van der Waals surface area (Å²) in [4.78, 5) is 18.9. The van der Waals surface area contributed by atoms with Crippen LogP contribution in [-0.2, 0) is 0 Å². The van der Waals surface area contributed by atoms with E-state index in [2.05, 4.69) is 25.8 Å². The zero-order chi connectivity index (χ0) is 26.2. The number of imidazole rings is 1. The zero-order valence-corrected chi connectivity index (χ0v) is 21.7. The molecule has 6 heterocycles. The molecule has 5 aromatic rings. The van der Waals surface area contributed by atoms with E-state index in [-0.39, 0.29) is 11.9 Å². The Morgan fingerprint density at radius 3 is 2.54 bits per heavy atom. The number of hydrogen-bond donors (Lipinski definition) is 0. The smallest absolute Gasteiger partial charge is 0.154 e. The summed E-state index contributed by atoms with van der Waals surface area (Å²) in [5.74, 6) is 1.66. The summed E-state index contributed by atoms with van der Waals surface area (Å²) in [5, 5.41) is 5.00. The Hall–Kier alpha value is -4.33. The summed E-state index contributed by atoms with van der Waals surface area (Å²) in [5.41, 5.74) is 5.33. The van der Waals surface area contributed by atoms with Crippen LogP contribution >= 0.6 is 0 Å².